The smallest absolute Gasteiger partial charge is 0.335 e. The quantitative estimate of drug-likeness (QED) is 0.760. The third-order valence-electron chi connectivity index (χ3n) is 1.82. The van der Waals surface area contributed by atoms with E-state index in [1.165, 1.54) is 12.1 Å². The second-order valence-corrected chi connectivity index (χ2v) is 3.17. The fraction of sp³-hybridized carbons (Fsp3) is 0. The molecule has 0 aliphatic rings. The molecule has 0 fully saturated rings. The number of aromatic nitrogens is 2. The molecule has 2 aromatic rings. The number of nitrogens with zero attached hydrogens (tertiary/aromatic N) is 1. The van der Waals surface area contributed by atoms with Crippen LogP contribution in [0.15, 0.2) is 28.7 Å². The van der Waals surface area contributed by atoms with Crippen LogP contribution in [0.4, 0.5) is 0 Å². The van der Waals surface area contributed by atoms with Crippen LogP contribution < -0.4 is 0 Å². The Labute approximate surface area is 89.4 Å². The van der Waals surface area contributed by atoms with E-state index in [-0.39, 0.29) is 10.4 Å². The summed E-state index contributed by atoms with van der Waals surface area (Å²) < 4.78 is 5.07. The average Bonchev–Trinajstić information content (AvgIpc) is 2.65. The lowest BCUT2D eigenvalue weighted by Gasteiger charge is -1.95. The highest BCUT2D eigenvalue weighted by atomic mass is 32.1. The highest BCUT2D eigenvalue weighted by molar-refractivity contribution is 7.71. The molecule has 0 unspecified atom stereocenters. The van der Waals surface area contributed by atoms with E-state index < -0.39 is 5.97 Å². The lowest BCUT2D eigenvalue weighted by atomic mass is 10.1. The zero-order valence-electron chi connectivity index (χ0n) is 7.43. The van der Waals surface area contributed by atoms with Crippen LogP contribution in [0.25, 0.3) is 11.5 Å². The van der Waals surface area contributed by atoms with Crippen LogP contribution in [0.5, 0.6) is 0 Å². The molecule has 0 saturated heterocycles. The van der Waals surface area contributed by atoms with Crippen molar-refractivity contribution in [2.75, 3.05) is 0 Å². The van der Waals surface area contributed by atoms with Gasteiger partial charge in [0.05, 0.1) is 5.56 Å². The van der Waals surface area contributed by atoms with E-state index >= 15 is 0 Å². The van der Waals surface area contributed by atoms with Gasteiger partial charge in [0.25, 0.3) is 4.84 Å². The van der Waals surface area contributed by atoms with Crippen LogP contribution in [-0.2, 0) is 0 Å². The molecule has 0 bridgehead atoms. The van der Waals surface area contributed by atoms with Crippen molar-refractivity contribution in [3.05, 3.63) is 34.7 Å². The molecule has 0 spiro atoms. The van der Waals surface area contributed by atoms with Gasteiger partial charge in [0, 0.05) is 5.56 Å². The largest absolute Gasteiger partial charge is 0.478 e. The number of hydrogen-bond acceptors (Lipinski definition) is 4. The van der Waals surface area contributed by atoms with E-state index in [0.717, 1.165) is 0 Å². The summed E-state index contributed by atoms with van der Waals surface area (Å²) in [5.41, 5.74) is 0.889. The molecule has 1 heterocycles. The lowest BCUT2D eigenvalue weighted by molar-refractivity contribution is 0.0697. The van der Waals surface area contributed by atoms with Crippen molar-refractivity contribution in [3.63, 3.8) is 0 Å². The molecule has 1 aromatic heterocycles. The van der Waals surface area contributed by atoms with Gasteiger partial charge < -0.3 is 9.52 Å². The summed E-state index contributed by atoms with van der Waals surface area (Å²) in [5, 5.41) is 15.0. The third kappa shape index (κ3) is 1.94. The predicted octanol–water partition coefficient (Wildman–Crippen LogP) is 2.10. The molecule has 0 radical (unpaired) electrons. The fourth-order valence-electron chi connectivity index (χ4n) is 1.11. The molecule has 0 aliphatic heterocycles. The van der Waals surface area contributed by atoms with Crippen molar-refractivity contribution in [1.82, 2.24) is 10.2 Å². The molecule has 1 aromatic carbocycles. The molecule has 0 aliphatic carbocycles. The standard InChI is InChI=1S/C9H6N2O3S/c12-8(13)6-3-1-5(2-4-6)7-10-11-9(15)14-7/h1-4H,(H,11,15)(H,12,13). The van der Waals surface area contributed by atoms with Crippen molar-refractivity contribution in [1.29, 1.82) is 0 Å². The van der Waals surface area contributed by atoms with E-state index in [9.17, 15) is 4.79 Å². The third-order valence-corrected chi connectivity index (χ3v) is 1.99. The minimum Gasteiger partial charge on any atom is -0.478 e. The van der Waals surface area contributed by atoms with Gasteiger partial charge in [-0.2, -0.15) is 0 Å². The number of hydrogen-bond donors (Lipinski definition) is 2. The van der Waals surface area contributed by atoms with Crippen LogP contribution in [0.1, 0.15) is 10.4 Å². The van der Waals surface area contributed by atoms with Crippen molar-refractivity contribution < 1.29 is 14.3 Å². The summed E-state index contributed by atoms with van der Waals surface area (Å²) in [7, 11) is 0. The Balaban J connectivity index is 2.39. The molecule has 0 amide bonds. The zero-order valence-corrected chi connectivity index (χ0v) is 8.25. The van der Waals surface area contributed by atoms with Crippen LogP contribution in [0.2, 0.25) is 0 Å². The van der Waals surface area contributed by atoms with Gasteiger partial charge in [-0.25, -0.2) is 9.89 Å². The summed E-state index contributed by atoms with van der Waals surface area (Å²) in [4.78, 5) is 10.8. The maximum Gasteiger partial charge on any atom is 0.335 e. The Morgan fingerprint density at radius 2 is 2.07 bits per heavy atom. The minimum atomic E-state index is -0.968. The van der Waals surface area contributed by atoms with Crippen molar-refractivity contribution in [3.8, 4) is 11.5 Å². The first kappa shape index (κ1) is 9.60. The van der Waals surface area contributed by atoms with Crippen molar-refractivity contribution >= 4 is 18.2 Å². The maximum absolute atomic E-state index is 10.6. The summed E-state index contributed by atoms with van der Waals surface area (Å²) >= 11 is 4.72. The first-order chi connectivity index (χ1) is 7.16. The van der Waals surface area contributed by atoms with Gasteiger partial charge in [0.15, 0.2) is 0 Å². The molecule has 2 rings (SSSR count). The maximum atomic E-state index is 10.6. The second kappa shape index (κ2) is 3.66. The molecule has 5 nitrogen and oxygen atoms in total. The zero-order chi connectivity index (χ0) is 10.8. The summed E-state index contributed by atoms with van der Waals surface area (Å²) in [6.45, 7) is 0. The number of aromatic carboxylic acids is 1. The fourth-order valence-corrected chi connectivity index (χ4v) is 1.23. The molecule has 6 heteroatoms. The predicted molar refractivity (Wildman–Crippen MR) is 54.1 cm³/mol. The van der Waals surface area contributed by atoms with Gasteiger partial charge in [0.2, 0.25) is 5.89 Å². The highest BCUT2D eigenvalue weighted by Crippen LogP contribution is 2.17. The van der Waals surface area contributed by atoms with Crippen molar-refractivity contribution in [2.24, 2.45) is 0 Å². The minimum absolute atomic E-state index is 0.187. The van der Waals surface area contributed by atoms with Crippen LogP contribution in [0.3, 0.4) is 0 Å². The summed E-state index contributed by atoms with van der Waals surface area (Å²) in [6, 6.07) is 6.17. The molecule has 2 N–H and O–H groups in total. The molecule has 76 valence electrons. The van der Waals surface area contributed by atoms with Gasteiger partial charge in [-0.1, -0.05) is 0 Å². The van der Waals surface area contributed by atoms with Gasteiger partial charge in [-0.05, 0) is 36.5 Å². The molecule has 15 heavy (non-hydrogen) atoms. The van der Waals surface area contributed by atoms with Gasteiger partial charge in [-0.15, -0.1) is 5.10 Å². The normalized spacial score (nSPS) is 10.1. The number of carbonyl (C=O) groups is 1. The molecule has 0 saturated carbocycles. The van der Waals surface area contributed by atoms with Crippen LogP contribution in [0, 0.1) is 4.84 Å². The number of carboxylic acids is 1. The summed E-state index contributed by atoms with van der Waals surface area (Å²) in [5.74, 6) is -0.624. The van der Waals surface area contributed by atoms with Gasteiger partial charge in [0.1, 0.15) is 0 Å². The Morgan fingerprint density at radius 1 is 1.40 bits per heavy atom. The van der Waals surface area contributed by atoms with Crippen molar-refractivity contribution in [2.45, 2.75) is 0 Å². The topological polar surface area (TPSA) is 79.1 Å². The number of nitrogens with one attached hydrogen (secondary N) is 1. The van der Waals surface area contributed by atoms with E-state index in [2.05, 4.69) is 10.2 Å². The van der Waals surface area contributed by atoms with Crippen LogP contribution in [-0.4, -0.2) is 21.3 Å². The Hall–Kier alpha value is -1.95. The number of H-pyrrole nitrogens is 1. The first-order valence-electron chi connectivity index (χ1n) is 4.06. The van der Waals surface area contributed by atoms with E-state index in [0.29, 0.717) is 11.5 Å². The Bertz CT molecular complexity index is 541. The molecular weight excluding hydrogens is 216 g/mol. The number of carboxylic acid groups (broad SMARTS) is 1. The SMILES string of the molecule is O=C(O)c1ccc(-c2n[nH]c(=S)o2)cc1. The number of aromatic amines is 1. The number of benzene rings is 1. The first-order valence-corrected chi connectivity index (χ1v) is 4.47. The second-order valence-electron chi connectivity index (χ2n) is 2.80. The summed E-state index contributed by atoms with van der Waals surface area (Å²) in [6.07, 6.45) is 0. The molecular formula is C9H6N2O3S. The van der Waals surface area contributed by atoms with Gasteiger partial charge >= 0.3 is 5.97 Å². The Kier molecular flexibility index (Phi) is 2.34. The average molecular weight is 222 g/mol. The monoisotopic (exact) mass is 222 g/mol. The Morgan fingerprint density at radius 3 is 2.53 bits per heavy atom. The number of rotatable bonds is 2. The lowest BCUT2D eigenvalue weighted by Crippen LogP contribution is -1.94. The highest BCUT2D eigenvalue weighted by Gasteiger charge is 2.06. The van der Waals surface area contributed by atoms with E-state index in [1.54, 1.807) is 12.1 Å². The molecule has 0 atom stereocenters. The van der Waals surface area contributed by atoms with E-state index in [4.69, 9.17) is 21.7 Å². The van der Waals surface area contributed by atoms with E-state index in [1.807, 2.05) is 0 Å². The van der Waals surface area contributed by atoms with Gasteiger partial charge in [-0.3, -0.25) is 0 Å². The van der Waals surface area contributed by atoms with Crippen LogP contribution >= 0.6 is 12.2 Å².